The first-order valence-corrected chi connectivity index (χ1v) is 18.0. The summed E-state index contributed by atoms with van der Waals surface area (Å²) in [7, 11) is 0. The van der Waals surface area contributed by atoms with E-state index in [2.05, 4.69) is 49.6 Å². The third-order valence-electron chi connectivity index (χ3n) is 8.22. The van der Waals surface area contributed by atoms with Gasteiger partial charge in [0.05, 0.1) is 19.0 Å². The standard InChI is InChI=1S/C38H67NO4/c1-4-6-8-9-16-22-34-42-38(41)25-19-13-11-15-21-31-39(32-33-40)30-20-14-10-12-18-23-35(3)43-37-28-26-36(27-29-37)24-17-7-5-2/h26-29,40H,3-25,30-34H2,1-2H3. The van der Waals surface area contributed by atoms with E-state index in [4.69, 9.17) is 9.47 Å². The summed E-state index contributed by atoms with van der Waals surface area (Å²) < 4.78 is 11.3. The van der Waals surface area contributed by atoms with E-state index in [9.17, 15) is 9.90 Å². The number of aliphatic hydroxyl groups excluding tert-OH is 1. The van der Waals surface area contributed by atoms with Crippen molar-refractivity contribution in [2.75, 3.05) is 32.8 Å². The summed E-state index contributed by atoms with van der Waals surface area (Å²) >= 11 is 0. The van der Waals surface area contributed by atoms with Crippen LogP contribution in [0.4, 0.5) is 0 Å². The molecule has 0 aromatic heterocycles. The molecule has 0 amide bonds. The van der Waals surface area contributed by atoms with E-state index in [1.807, 2.05) is 0 Å². The second kappa shape index (κ2) is 28.9. The smallest absolute Gasteiger partial charge is 0.305 e. The molecule has 0 unspecified atom stereocenters. The van der Waals surface area contributed by atoms with Gasteiger partial charge in [-0.25, -0.2) is 0 Å². The Morgan fingerprint density at radius 1 is 0.674 bits per heavy atom. The Morgan fingerprint density at radius 2 is 1.21 bits per heavy atom. The fraction of sp³-hybridized carbons (Fsp3) is 0.763. The maximum absolute atomic E-state index is 11.9. The van der Waals surface area contributed by atoms with Gasteiger partial charge in [-0.05, 0) is 75.7 Å². The zero-order valence-corrected chi connectivity index (χ0v) is 28.2. The highest BCUT2D eigenvalue weighted by molar-refractivity contribution is 5.69. The molecule has 0 fully saturated rings. The molecule has 0 heterocycles. The van der Waals surface area contributed by atoms with Gasteiger partial charge in [-0.2, -0.15) is 0 Å². The molecule has 0 bridgehead atoms. The lowest BCUT2D eigenvalue weighted by Gasteiger charge is -2.21. The molecule has 0 aliphatic carbocycles. The van der Waals surface area contributed by atoms with Crippen molar-refractivity contribution in [1.29, 1.82) is 0 Å². The van der Waals surface area contributed by atoms with Crippen LogP contribution < -0.4 is 4.74 Å². The normalized spacial score (nSPS) is 11.3. The number of benzene rings is 1. The molecule has 1 N–H and O–H groups in total. The summed E-state index contributed by atoms with van der Waals surface area (Å²) in [6.45, 7) is 12.3. The van der Waals surface area contributed by atoms with Crippen LogP contribution in [-0.4, -0.2) is 48.8 Å². The van der Waals surface area contributed by atoms with Crippen LogP contribution in [0.1, 0.15) is 154 Å². The molecule has 1 rings (SSSR count). The van der Waals surface area contributed by atoms with Gasteiger partial charge < -0.3 is 19.5 Å². The number of unbranched alkanes of at least 4 members (excludes halogenated alkanes) is 15. The Morgan fingerprint density at radius 3 is 1.84 bits per heavy atom. The lowest BCUT2D eigenvalue weighted by Crippen LogP contribution is -2.29. The Hall–Kier alpha value is -1.85. The van der Waals surface area contributed by atoms with Crippen molar-refractivity contribution < 1.29 is 19.4 Å². The van der Waals surface area contributed by atoms with Gasteiger partial charge in [-0.1, -0.05) is 116 Å². The van der Waals surface area contributed by atoms with Crippen molar-refractivity contribution in [1.82, 2.24) is 4.90 Å². The predicted molar refractivity (Wildman–Crippen MR) is 183 cm³/mol. The number of aliphatic hydroxyl groups is 1. The molecule has 43 heavy (non-hydrogen) atoms. The number of carbonyl (C=O) groups is 1. The highest BCUT2D eigenvalue weighted by atomic mass is 16.5. The zero-order valence-electron chi connectivity index (χ0n) is 28.2. The first-order valence-electron chi connectivity index (χ1n) is 18.0. The molecule has 248 valence electrons. The summed E-state index contributed by atoms with van der Waals surface area (Å²) in [4.78, 5) is 14.3. The van der Waals surface area contributed by atoms with Gasteiger partial charge in [-0.15, -0.1) is 0 Å². The first kappa shape index (κ1) is 39.2. The molecule has 0 aliphatic heterocycles. The molecule has 0 spiro atoms. The molecule has 0 saturated heterocycles. The second-order valence-corrected chi connectivity index (χ2v) is 12.3. The number of hydrogen-bond acceptors (Lipinski definition) is 5. The fourth-order valence-electron chi connectivity index (χ4n) is 5.46. The van der Waals surface area contributed by atoms with Crippen molar-refractivity contribution in [3.63, 3.8) is 0 Å². The van der Waals surface area contributed by atoms with Gasteiger partial charge in [0.1, 0.15) is 5.75 Å². The monoisotopic (exact) mass is 602 g/mol. The molecular formula is C38H67NO4. The van der Waals surface area contributed by atoms with Crippen LogP contribution in [0.3, 0.4) is 0 Å². The number of nitrogens with zero attached hydrogens (tertiary/aromatic N) is 1. The molecule has 0 aliphatic rings. The average Bonchev–Trinajstić information content (AvgIpc) is 3.00. The van der Waals surface area contributed by atoms with Crippen LogP contribution in [0.2, 0.25) is 0 Å². The summed E-state index contributed by atoms with van der Waals surface area (Å²) in [5, 5.41) is 9.47. The molecule has 5 heteroatoms. The highest BCUT2D eigenvalue weighted by Gasteiger charge is 2.06. The highest BCUT2D eigenvalue weighted by Crippen LogP contribution is 2.19. The number of hydrogen-bond donors (Lipinski definition) is 1. The van der Waals surface area contributed by atoms with Gasteiger partial charge in [-0.3, -0.25) is 4.79 Å². The number of ether oxygens (including phenoxy) is 2. The Labute approximate surface area is 265 Å². The zero-order chi connectivity index (χ0) is 31.2. The number of rotatable bonds is 31. The van der Waals surface area contributed by atoms with Crippen LogP contribution in [0.5, 0.6) is 5.75 Å². The summed E-state index contributed by atoms with van der Waals surface area (Å²) in [6.07, 6.45) is 25.2. The van der Waals surface area contributed by atoms with Crippen LogP contribution >= 0.6 is 0 Å². The quantitative estimate of drug-likeness (QED) is 0.0521. The molecular weight excluding hydrogens is 534 g/mol. The predicted octanol–water partition coefficient (Wildman–Crippen LogP) is 10.2. The first-order chi connectivity index (χ1) is 21.1. The van der Waals surface area contributed by atoms with Crippen molar-refractivity contribution in [2.45, 2.75) is 155 Å². The van der Waals surface area contributed by atoms with Gasteiger partial charge in [0.2, 0.25) is 0 Å². The van der Waals surface area contributed by atoms with Gasteiger partial charge in [0, 0.05) is 19.4 Å². The van der Waals surface area contributed by atoms with E-state index in [1.165, 1.54) is 89.0 Å². The average molecular weight is 602 g/mol. The summed E-state index contributed by atoms with van der Waals surface area (Å²) in [5.41, 5.74) is 1.38. The summed E-state index contributed by atoms with van der Waals surface area (Å²) in [6, 6.07) is 8.50. The molecule has 1 aromatic rings. The Bertz CT molecular complexity index is 779. The van der Waals surface area contributed by atoms with Crippen molar-refractivity contribution in [2.24, 2.45) is 0 Å². The molecule has 0 radical (unpaired) electrons. The van der Waals surface area contributed by atoms with Crippen molar-refractivity contribution in [3.8, 4) is 5.75 Å². The minimum absolute atomic E-state index is 0.0282. The molecule has 0 saturated carbocycles. The molecule has 1 aromatic carbocycles. The van der Waals surface area contributed by atoms with E-state index >= 15 is 0 Å². The lowest BCUT2D eigenvalue weighted by atomic mass is 10.1. The number of carbonyl (C=O) groups excluding carboxylic acids is 1. The molecule has 5 nitrogen and oxygen atoms in total. The Balaban J connectivity index is 1.98. The van der Waals surface area contributed by atoms with E-state index in [0.717, 1.165) is 82.5 Å². The fourth-order valence-corrected chi connectivity index (χ4v) is 5.46. The van der Waals surface area contributed by atoms with E-state index < -0.39 is 0 Å². The lowest BCUT2D eigenvalue weighted by molar-refractivity contribution is -0.143. The third kappa shape index (κ3) is 24.2. The van der Waals surface area contributed by atoms with Gasteiger partial charge in [0.15, 0.2) is 0 Å². The van der Waals surface area contributed by atoms with Crippen LogP contribution in [0, 0.1) is 0 Å². The van der Waals surface area contributed by atoms with Crippen LogP contribution in [-0.2, 0) is 16.0 Å². The van der Waals surface area contributed by atoms with Crippen molar-refractivity contribution >= 4 is 5.97 Å². The number of aryl methyl sites for hydroxylation is 1. The maximum Gasteiger partial charge on any atom is 0.305 e. The minimum Gasteiger partial charge on any atom is -0.466 e. The van der Waals surface area contributed by atoms with Crippen molar-refractivity contribution in [3.05, 3.63) is 42.2 Å². The SMILES string of the molecule is C=C(CCCCCCCN(CCO)CCCCCCCC(=O)OCCCCCCCC)Oc1ccc(CCCCC)cc1. The third-order valence-corrected chi connectivity index (χ3v) is 8.22. The maximum atomic E-state index is 11.9. The van der Waals surface area contributed by atoms with Crippen LogP contribution in [0.15, 0.2) is 36.6 Å². The summed E-state index contributed by atoms with van der Waals surface area (Å²) in [5.74, 6) is 1.72. The number of esters is 1. The van der Waals surface area contributed by atoms with E-state index in [-0.39, 0.29) is 12.6 Å². The number of allylic oxidation sites excluding steroid dienone is 1. The van der Waals surface area contributed by atoms with E-state index in [1.54, 1.807) is 0 Å². The minimum atomic E-state index is -0.0282. The molecule has 0 atom stereocenters. The van der Waals surface area contributed by atoms with Gasteiger partial charge >= 0.3 is 5.97 Å². The largest absolute Gasteiger partial charge is 0.466 e. The topological polar surface area (TPSA) is 59.0 Å². The van der Waals surface area contributed by atoms with E-state index in [0.29, 0.717) is 13.0 Å². The second-order valence-electron chi connectivity index (χ2n) is 12.3. The van der Waals surface area contributed by atoms with Crippen LogP contribution in [0.25, 0.3) is 0 Å². The van der Waals surface area contributed by atoms with Gasteiger partial charge in [0.25, 0.3) is 0 Å². The Kier molecular flexibility index (Phi) is 26.3.